The molecule has 1 amide bonds. The Kier molecular flexibility index (Phi) is 5.27. The number of pyridine rings is 1. The highest BCUT2D eigenvalue weighted by Gasteiger charge is 2.41. The molecule has 1 aliphatic heterocycles. The van der Waals surface area contributed by atoms with Gasteiger partial charge in [0.2, 0.25) is 6.41 Å². The molecule has 0 spiro atoms. The third-order valence-corrected chi connectivity index (χ3v) is 6.79. The number of alkyl halides is 3. The Morgan fingerprint density at radius 3 is 2.64 bits per heavy atom. The molecule has 0 bridgehead atoms. The zero-order valence-electron chi connectivity index (χ0n) is 16.9. The number of fused-ring (bicyclic) bond motifs is 1. The lowest BCUT2D eigenvalue weighted by molar-refractivity contribution is -0.136. The molecule has 3 aromatic heterocycles. The van der Waals surface area contributed by atoms with Crippen molar-refractivity contribution in [1.82, 2.24) is 14.3 Å². The van der Waals surface area contributed by atoms with Crippen molar-refractivity contribution in [2.75, 3.05) is 6.54 Å². The maximum atomic E-state index is 14.6. The average Bonchev–Trinajstić information content (AvgIpc) is 3.52. The van der Waals surface area contributed by atoms with Crippen LogP contribution in [0.1, 0.15) is 35.2 Å². The molecule has 5 nitrogen and oxygen atoms in total. The largest absolute Gasteiger partial charge is 0.472 e. The van der Waals surface area contributed by atoms with E-state index in [-0.39, 0.29) is 21.5 Å². The van der Waals surface area contributed by atoms with E-state index in [1.807, 2.05) is 0 Å². The number of carbonyl (C=O) groups excluding carboxylic acids is 1. The lowest BCUT2D eigenvalue weighted by Crippen LogP contribution is -2.24. The van der Waals surface area contributed by atoms with Crippen molar-refractivity contribution < 1.29 is 26.8 Å². The summed E-state index contributed by atoms with van der Waals surface area (Å²) in [5, 5.41) is 0. The monoisotopic (exact) mass is 521 g/mol. The van der Waals surface area contributed by atoms with E-state index >= 15 is 0 Å². The number of nitrogens with zero attached hydrogens (tertiary/aromatic N) is 3. The number of halogens is 5. The second kappa shape index (κ2) is 8.02. The highest BCUT2D eigenvalue weighted by atomic mass is 79.9. The van der Waals surface area contributed by atoms with Gasteiger partial charge < -0.3 is 9.32 Å². The normalized spacial score (nSPS) is 18.9. The first-order chi connectivity index (χ1) is 15.8. The number of rotatable bonds is 4. The summed E-state index contributed by atoms with van der Waals surface area (Å²) in [4.78, 5) is 17.6. The first-order valence-corrected chi connectivity index (χ1v) is 10.9. The maximum Gasteiger partial charge on any atom is 0.420 e. The molecule has 1 aromatic carbocycles. The lowest BCUT2D eigenvalue weighted by Gasteiger charge is -2.24. The molecule has 5 rings (SSSR count). The molecule has 33 heavy (non-hydrogen) atoms. The molecular weight excluding hydrogens is 506 g/mol. The quantitative estimate of drug-likeness (QED) is 0.237. The summed E-state index contributed by atoms with van der Waals surface area (Å²) >= 11 is 3.41. The van der Waals surface area contributed by atoms with Gasteiger partial charge in [0, 0.05) is 29.8 Å². The van der Waals surface area contributed by atoms with Crippen LogP contribution in [0.15, 0.2) is 64.1 Å². The Balaban J connectivity index is 1.73. The molecule has 10 heteroatoms. The van der Waals surface area contributed by atoms with Gasteiger partial charge in [-0.2, -0.15) is 13.2 Å². The molecule has 4 heterocycles. The van der Waals surface area contributed by atoms with Crippen molar-refractivity contribution >= 4 is 28.0 Å². The van der Waals surface area contributed by atoms with Crippen LogP contribution in [-0.4, -0.2) is 27.2 Å². The number of aromatic nitrogens is 2. The van der Waals surface area contributed by atoms with Gasteiger partial charge in [0.15, 0.2) is 0 Å². The molecule has 2 unspecified atom stereocenters. The van der Waals surface area contributed by atoms with Crippen LogP contribution in [0.5, 0.6) is 0 Å². The lowest BCUT2D eigenvalue weighted by atomic mass is 9.90. The van der Waals surface area contributed by atoms with Crippen molar-refractivity contribution in [2.24, 2.45) is 0 Å². The van der Waals surface area contributed by atoms with E-state index in [1.54, 1.807) is 24.3 Å². The van der Waals surface area contributed by atoms with E-state index in [0.717, 1.165) is 6.07 Å². The molecular formula is C23H16BrF4N3O2. The number of carbonyl (C=O) groups is 1. The molecule has 170 valence electrons. The predicted molar refractivity (Wildman–Crippen MR) is 115 cm³/mol. The fourth-order valence-electron chi connectivity index (χ4n) is 4.50. The standard InChI is InChI=1S/C23H16BrF4N3O2/c24-21-19(20-16(5-7-30(20)12-32)15-3-1-2-4-18(15)25)29-22-17(23(26,27)28)9-14(10-31(21)22)13-6-8-33-11-13/h1-4,6,8-12,16,20H,5,7H2. The minimum absolute atomic E-state index is 0.239. The van der Waals surface area contributed by atoms with E-state index in [1.165, 1.54) is 34.1 Å². The fraction of sp³-hybridized carbons (Fsp3) is 0.217. The number of furan rings is 1. The van der Waals surface area contributed by atoms with E-state index < -0.39 is 29.5 Å². The Labute approximate surface area is 193 Å². The number of likely N-dealkylation sites (tertiary alicyclic amines) is 1. The van der Waals surface area contributed by atoms with Gasteiger partial charge in [-0.05, 0) is 46.1 Å². The summed E-state index contributed by atoms with van der Waals surface area (Å²) in [5.74, 6) is -0.890. The number of hydrogen-bond acceptors (Lipinski definition) is 3. The topological polar surface area (TPSA) is 50.8 Å². The van der Waals surface area contributed by atoms with Crippen LogP contribution < -0.4 is 0 Å². The van der Waals surface area contributed by atoms with E-state index in [0.29, 0.717) is 30.5 Å². The van der Waals surface area contributed by atoms with Gasteiger partial charge in [-0.25, -0.2) is 9.37 Å². The SMILES string of the molecule is O=CN1CCC(c2ccccc2F)C1c1nc2c(C(F)(F)F)cc(-c3ccoc3)cn2c1Br. The number of amides is 1. The van der Waals surface area contributed by atoms with Crippen molar-refractivity contribution in [3.63, 3.8) is 0 Å². The van der Waals surface area contributed by atoms with Gasteiger partial charge in [0.25, 0.3) is 0 Å². The van der Waals surface area contributed by atoms with E-state index in [4.69, 9.17) is 4.42 Å². The van der Waals surface area contributed by atoms with Gasteiger partial charge in [-0.3, -0.25) is 9.20 Å². The van der Waals surface area contributed by atoms with Crippen LogP contribution in [0, 0.1) is 5.82 Å². The first kappa shape index (κ1) is 21.7. The van der Waals surface area contributed by atoms with Crippen LogP contribution in [0.4, 0.5) is 17.6 Å². The summed E-state index contributed by atoms with van der Waals surface area (Å²) < 4.78 is 63.2. The molecule has 1 aliphatic rings. The molecule has 0 aliphatic carbocycles. The van der Waals surface area contributed by atoms with Gasteiger partial charge in [0.05, 0.1) is 29.8 Å². The first-order valence-electron chi connectivity index (χ1n) is 10.1. The predicted octanol–water partition coefficient (Wildman–Crippen LogP) is 6.20. The number of imidazole rings is 1. The zero-order valence-corrected chi connectivity index (χ0v) is 18.5. The van der Waals surface area contributed by atoms with Gasteiger partial charge in [-0.1, -0.05) is 18.2 Å². The molecule has 4 aromatic rings. The van der Waals surface area contributed by atoms with E-state index in [2.05, 4.69) is 20.9 Å². The highest BCUT2D eigenvalue weighted by molar-refractivity contribution is 9.10. The second-order valence-electron chi connectivity index (χ2n) is 7.84. The van der Waals surface area contributed by atoms with Crippen LogP contribution in [0.2, 0.25) is 0 Å². The highest BCUT2D eigenvalue weighted by Crippen LogP contribution is 2.46. The zero-order chi connectivity index (χ0) is 23.3. The summed E-state index contributed by atoms with van der Waals surface area (Å²) in [5.41, 5.74) is 0.170. The minimum Gasteiger partial charge on any atom is -0.472 e. The Morgan fingerprint density at radius 1 is 1.18 bits per heavy atom. The van der Waals surface area contributed by atoms with Gasteiger partial charge in [0.1, 0.15) is 16.1 Å². The third kappa shape index (κ3) is 3.62. The molecule has 0 N–H and O–H groups in total. The smallest absolute Gasteiger partial charge is 0.420 e. The summed E-state index contributed by atoms with van der Waals surface area (Å²) in [6.45, 7) is 0.333. The van der Waals surface area contributed by atoms with Crippen molar-refractivity contribution in [2.45, 2.75) is 24.6 Å². The molecule has 0 radical (unpaired) electrons. The van der Waals surface area contributed by atoms with Crippen molar-refractivity contribution in [3.05, 3.63) is 82.4 Å². The van der Waals surface area contributed by atoms with Crippen molar-refractivity contribution in [1.29, 1.82) is 0 Å². The summed E-state index contributed by atoms with van der Waals surface area (Å²) in [6, 6.07) is 8.06. The summed E-state index contributed by atoms with van der Waals surface area (Å²) in [7, 11) is 0. The number of benzene rings is 1. The van der Waals surface area contributed by atoms with Crippen LogP contribution in [0.25, 0.3) is 16.8 Å². The molecule has 0 saturated carbocycles. The Bertz CT molecular complexity index is 1330. The minimum atomic E-state index is -4.67. The molecule has 1 fully saturated rings. The van der Waals surface area contributed by atoms with Crippen LogP contribution in [0.3, 0.4) is 0 Å². The average molecular weight is 522 g/mol. The summed E-state index contributed by atoms with van der Waals surface area (Å²) in [6.07, 6.45) is 0.663. The number of hydrogen-bond donors (Lipinski definition) is 0. The Morgan fingerprint density at radius 2 is 1.97 bits per heavy atom. The van der Waals surface area contributed by atoms with Crippen LogP contribution >= 0.6 is 15.9 Å². The van der Waals surface area contributed by atoms with Gasteiger partial charge in [-0.15, -0.1) is 0 Å². The van der Waals surface area contributed by atoms with E-state index in [9.17, 15) is 22.4 Å². The molecule has 2 atom stereocenters. The van der Waals surface area contributed by atoms with Gasteiger partial charge >= 0.3 is 6.18 Å². The van der Waals surface area contributed by atoms with Crippen LogP contribution in [-0.2, 0) is 11.0 Å². The second-order valence-corrected chi connectivity index (χ2v) is 8.59. The Hall–Kier alpha value is -3.14. The molecule has 1 saturated heterocycles. The third-order valence-electron chi connectivity index (χ3n) is 6.00. The maximum absolute atomic E-state index is 14.6. The van der Waals surface area contributed by atoms with Crippen molar-refractivity contribution in [3.8, 4) is 11.1 Å². The fourth-order valence-corrected chi connectivity index (χ4v) is 5.10.